The highest BCUT2D eigenvalue weighted by Crippen LogP contribution is 2.25. The Morgan fingerprint density at radius 3 is 2.00 bits per heavy atom. The topological polar surface area (TPSA) is 69.4 Å². The molecule has 0 heterocycles. The van der Waals surface area contributed by atoms with Crippen LogP contribution in [0.1, 0.15) is 77.6 Å². The van der Waals surface area contributed by atoms with Crippen molar-refractivity contribution in [3.63, 3.8) is 0 Å². The van der Waals surface area contributed by atoms with Gasteiger partial charge in [-0.2, -0.15) is 0 Å². The summed E-state index contributed by atoms with van der Waals surface area (Å²) in [6.07, 6.45) is 13.2. The van der Waals surface area contributed by atoms with Crippen LogP contribution < -0.4 is 5.14 Å². The van der Waals surface area contributed by atoms with E-state index in [9.17, 15) is 8.42 Å². The molecule has 21 heavy (non-hydrogen) atoms. The standard InChI is InChI=1S/C16H33NO3S/c1-15-9-11-16(12-10-15)20-13-7-5-3-2-4-6-8-14-21(17,18)19/h15-16H,2-14H2,1H3,(H2,17,18,19). The zero-order chi connectivity index (χ0) is 15.6. The first-order chi connectivity index (χ1) is 9.97. The normalized spacial score (nSPS) is 23.3. The molecule has 0 radical (unpaired) electrons. The van der Waals surface area contributed by atoms with Gasteiger partial charge in [0.15, 0.2) is 0 Å². The third-order valence-electron chi connectivity index (χ3n) is 4.39. The van der Waals surface area contributed by atoms with Crippen LogP contribution in [0.25, 0.3) is 0 Å². The van der Waals surface area contributed by atoms with Crippen LogP contribution in [0.15, 0.2) is 0 Å². The van der Waals surface area contributed by atoms with Gasteiger partial charge in [0.2, 0.25) is 10.0 Å². The van der Waals surface area contributed by atoms with E-state index in [0.29, 0.717) is 12.5 Å². The van der Waals surface area contributed by atoms with Crippen molar-refractivity contribution in [2.24, 2.45) is 11.1 Å². The lowest BCUT2D eigenvalue weighted by atomic mass is 9.89. The van der Waals surface area contributed by atoms with Crippen LogP contribution in [0.5, 0.6) is 0 Å². The summed E-state index contributed by atoms with van der Waals surface area (Å²) in [6, 6.07) is 0. The highest BCUT2D eigenvalue weighted by Gasteiger charge is 2.17. The summed E-state index contributed by atoms with van der Waals surface area (Å²) in [6.45, 7) is 3.24. The second-order valence-electron chi connectivity index (χ2n) is 6.59. The maximum absolute atomic E-state index is 10.8. The van der Waals surface area contributed by atoms with E-state index in [-0.39, 0.29) is 5.75 Å². The van der Waals surface area contributed by atoms with E-state index in [2.05, 4.69) is 6.92 Å². The van der Waals surface area contributed by atoms with E-state index in [1.807, 2.05) is 0 Å². The van der Waals surface area contributed by atoms with E-state index < -0.39 is 10.0 Å². The van der Waals surface area contributed by atoms with Gasteiger partial charge in [-0.1, -0.05) is 39.0 Å². The van der Waals surface area contributed by atoms with Gasteiger partial charge >= 0.3 is 0 Å². The molecule has 1 saturated carbocycles. The van der Waals surface area contributed by atoms with Crippen LogP contribution in [0, 0.1) is 5.92 Å². The van der Waals surface area contributed by atoms with Crippen molar-refractivity contribution in [1.29, 1.82) is 0 Å². The lowest BCUT2D eigenvalue weighted by molar-refractivity contribution is 0.0178. The predicted octanol–water partition coefficient (Wildman–Crippen LogP) is 3.60. The third kappa shape index (κ3) is 11.1. The van der Waals surface area contributed by atoms with E-state index in [1.54, 1.807) is 0 Å². The summed E-state index contributed by atoms with van der Waals surface area (Å²) in [5, 5.41) is 4.96. The minimum Gasteiger partial charge on any atom is -0.378 e. The monoisotopic (exact) mass is 319 g/mol. The molecule has 0 unspecified atom stereocenters. The average Bonchev–Trinajstić information content (AvgIpc) is 2.42. The maximum Gasteiger partial charge on any atom is 0.209 e. The Bertz CT molecular complexity index is 349. The van der Waals surface area contributed by atoms with Crippen LogP contribution in [0.4, 0.5) is 0 Å². The second kappa shape index (κ2) is 10.6. The molecule has 0 aromatic heterocycles. The molecule has 0 aliphatic heterocycles. The molecule has 0 bridgehead atoms. The summed E-state index contributed by atoms with van der Waals surface area (Å²) >= 11 is 0. The molecular weight excluding hydrogens is 286 g/mol. The fourth-order valence-corrected chi connectivity index (χ4v) is 3.54. The van der Waals surface area contributed by atoms with Gasteiger partial charge < -0.3 is 4.74 Å². The van der Waals surface area contributed by atoms with Crippen LogP contribution >= 0.6 is 0 Å². The predicted molar refractivity (Wildman–Crippen MR) is 87.7 cm³/mol. The van der Waals surface area contributed by atoms with Gasteiger partial charge in [0.1, 0.15) is 0 Å². The Morgan fingerprint density at radius 2 is 1.43 bits per heavy atom. The van der Waals surface area contributed by atoms with Crippen LogP contribution in [-0.4, -0.2) is 26.9 Å². The molecule has 1 aliphatic carbocycles. The molecule has 0 aromatic rings. The number of nitrogens with two attached hydrogens (primary N) is 1. The van der Waals surface area contributed by atoms with Gasteiger partial charge in [-0.25, -0.2) is 13.6 Å². The second-order valence-corrected chi connectivity index (χ2v) is 8.33. The van der Waals surface area contributed by atoms with Gasteiger partial charge in [0, 0.05) is 6.61 Å². The Morgan fingerprint density at radius 1 is 0.905 bits per heavy atom. The SMILES string of the molecule is CC1CCC(OCCCCCCCCCS(N)(=O)=O)CC1. The van der Waals surface area contributed by atoms with Crippen molar-refractivity contribution in [2.75, 3.05) is 12.4 Å². The molecule has 0 aromatic carbocycles. The van der Waals surface area contributed by atoms with Crippen molar-refractivity contribution < 1.29 is 13.2 Å². The fourth-order valence-electron chi connectivity index (χ4n) is 2.94. The van der Waals surface area contributed by atoms with E-state index in [1.165, 1.54) is 44.9 Å². The zero-order valence-electron chi connectivity index (χ0n) is 13.6. The maximum atomic E-state index is 10.8. The molecule has 126 valence electrons. The molecule has 0 atom stereocenters. The van der Waals surface area contributed by atoms with Gasteiger partial charge in [0.05, 0.1) is 11.9 Å². The smallest absolute Gasteiger partial charge is 0.209 e. The van der Waals surface area contributed by atoms with E-state index >= 15 is 0 Å². The van der Waals surface area contributed by atoms with Gasteiger partial charge in [0.25, 0.3) is 0 Å². The number of unbranched alkanes of at least 4 members (excludes halogenated alkanes) is 6. The van der Waals surface area contributed by atoms with E-state index in [4.69, 9.17) is 9.88 Å². The van der Waals surface area contributed by atoms with Crippen LogP contribution in [0.2, 0.25) is 0 Å². The highest BCUT2D eigenvalue weighted by atomic mass is 32.2. The molecule has 0 spiro atoms. The summed E-state index contributed by atoms with van der Waals surface area (Å²) in [5.41, 5.74) is 0. The molecule has 1 fully saturated rings. The summed E-state index contributed by atoms with van der Waals surface area (Å²) in [5.74, 6) is 1.01. The quantitative estimate of drug-likeness (QED) is 0.592. The van der Waals surface area contributed by atoms with Crippen molar-refractivity contribution in [3.05, 3.63) is 0 Å². The lowest BCUT2D eigenvalue weighted by Crippen LogP contribution is -2.20. The van der Waals surface area contributed by atoms with Crippen molar-refractivity contribution in [1.82, 2.24) is 0 Å². The summed E-state index contributed by atoms with van der Waals surface area (Å²) < 4.78 is 27.4. The lowest BCUT2D eigenvalue weighted by Gasteiger charge is -2.26. The average molecular weight is 320 g/mol. The van der Waals surface area contributed by atoms with Crippen molar-refractivity contribution >= 4 is 10.0 Å². The molecule has 0 saturated heterocycles. The Balaban J connectivity index is 1.80. The first-order valence-electron chi connectivity index (χ1n) is 8.59. The number of ether oxygens (including phenoxy) is 1. The van der Waals surface area contributed by atoms with Crippen molar-refractivity contribution in [2.45, 2.75) is 83.7 Å². The zero-order valence-corrected chi connectivity index (χ0v) is 14.4. The number of hydrogen-bond donors (Lipinski definition) is 1. The summed E-state index contributed by atoms with van der Waals surface area (Å²) in [4.78, 5) is 0. The number of sulfonamides is 1. The number of rotatable bonds is 11. The fraction of sp³-hybridized carbons (Fsp3) is 1.00. The Kier molecular flexibility index (Phi) is 9.52. The largest absolute Gasteiger partial charge is 0.378 e. The molecule has 2 N–H and O–H groups in total. The Labute approximate surface area is 130 Å². The van der Waals surface area contributed by atoms with Crippen LogP contribution in [-0.2, 0) is 14.8 Å². The third-order valence-corrected chi connectivity index (χ3v) is 5.25. The molecule has 1 aliphatic rings. The summed E-state index contributed by atoms with van der Waals surface area (Å²) in [7, 11) is -3.26. The molecule has 4 nitrogen and oxygen atoms in total. The van der Waals surface area contributed by atoms with Crippen LogP contribution in [0.3, 0.4) is 0 Å². The first kappa shape index (κ1) is 18.9. The van der Waals surface area contributed by atoms with Crippen molar-refractivity contribution in [3.8, 4) is 0 Å². The Hall–Kier alpha value is -0.130. The van der Waals surface area contributed by atoms with Gasteiger partial charge in [-0.05, 0) is 44.4 Å². The first-order valence-corrected chi connectivity index (χ1v) is 10.3. The number of primary sulfonamides is 1. The number of hydrogen-bond acceptors (Lipinski definition) is 3. The highest BCUT2D eigenvalue weighted by molar-refractivity contribution is 7.89. The molecule has 1 rings (SSSR count). The minimum absolute atomic E-state index is 0.126. The minimum atomic E-state index is -3.26. The van der Waals surface area contributed by atoms with Gasteiger partial charge in [-0.3, -0.25) is 0 Å². The van der Waals surface area contributed by atoms with Gasteiger partial charge in [-0.15, -0.1) is 0 Å². The molecule has 5 heteroatoms. The molecular formula is C16H33NO3S. The molecule has 0 amide bonds. The van der Waals surface area contributed by atoms with E-state index in [0.717, 1.165) is 31.8 Å².